The summed E-state index contributed by atoms with van der Waals surface area (Å²) in [6.07, 6.45) is 4.58. The van der Waals surface area contributed by atoms with Crippen LogP contribution in [-0.4, -0.2) is 18.6 Å². The highest BCUT2D eigenvalue weighted by Crippen LogP contribution is 2.42. The van der Waals surface area contributed by atoms with Crippen molar-refractivity contribution in [3.8, 4) is 11.5 Å². The summed E-state index contributed by atoms with van der Waals surface area (Å²) in [5.74, 6) is 1.78. The van der Waals surface area contributed by atoms with E-state index in [9.17, 15) is 0 Å². The first kappa shape index (κ1) is 13.9. The van der Waals surface area contributed by atoms with E-state index in [1.165, 1.54) is 0 Å². The number of benzene rings is 1. The molecule has 21 heavy (non-hydrogen) atoms. The zero-order valence-electron chi connectivity index (χ0n) is 12.4. The lowest BCUT2D eigenvalue weighted by molar-refractivity contribution is 0.151. The van der Waals surface area contributed by atoms with E-state index in [2.05, 4.69) is 29.4 Å². The van der Waals surface area contributed by atoms with Crippen molar-refractivity contribution < 1.29 is 9.47 Å². The number of hydrogen-bond donors (Lipinski definition) is 1. The number of nitrogens with one attached hydrogen (secondary N) is 1. The van der Waals surface area contributed by atoms with Gasteiger partial charge in [0.05, 0.1) is 7.11 Å². The Hall–Kier alpha value is -2.07. The lowest BCUT2D eigenvalue weighted by Crippen LogP contribution is -2.29. The maximum atomic E-state index is 6.16. The van der Waals surface area contributed by atoms with Crippen LogP contribution in [-0.2, 0) is 0 Å². The lowest BCUT2D eigenvalue weighted by Gasteiger charge is -2.33. The van der Waals surface area contributed by atoms with Gasteiger partial charge >= 0.3 is 0 Å². The molecule has 4 heteroatoms. The van der Waals surface area contributed by atoms with Crippen LogP contribution < -0.4 is 14.8 Å². The molecule has 0 saturated carbocycles. The lowest BCUT2D eigenvalue weighted by atomic mass is 9.93. The number of methoxy groups -OCH3 is 1. The second-order valence-corrected chi connectivity index (χ2v) is 5.14. The molecule has 0 saturated heterocycles. The van der Waals surface area contributed by atoms with Gasteiger partial charge in [-0.3, -0.25) is 4.98 Å². The molecule has 1 N–H and O–H groups in total. The molecule has 1 aromatic carbocycles. The zero-order chi connectivity index (χ0) is 14.7. The van der Waals surface area contributed by atoms with Gasteiger partial charge in [0.1, 0.15) is 17.6 Å². The average molecular weight is 284 g/mol. The zero-order valence-corrected chi connectivity index (χ0v) is 12.4. The number of pyridine rings is 1. The molecule has 2 aromatic rings. The van der Waals surface area contributed by atoms with Gasteiger partial charge in [0.2, 0.25) is 0 Å². The quantitative estimate of drug-likeness (QED) is 0.936. The monoisotopic (exact) mass is 284 g/mol. The summed E-state index contributed by atoms with van der Waals surface area (Å²) >= 11 is 0. The number of nitrogens with zero attached hydrogens (tertiary/aromatic N) is 1. The highest BCUT2D eigenvalue weighted by atomic mass is 16.5. The summed E-state index contributed by atoms with van der Waals surface area (Å²) in [4.78, 5) is 4.19. The summed E-state index contributed by atoms with van der Waals surface area (Å²) in [5, 5.41) is 3.54. The number of ether oxygens (including phenoxy) is 2. The minimum atomic E-state index is 0.0312. The Morgan fingerprint density at radius 2 is 2.29 bits per heavy atom. The third-order valence-corrected chi connectivity index (χ3v) is 3.82. The molecule has 0 bridgehead atoms. The molecule has 0 amide bonds. The first-order chi connectivity index (χ1) is 10.3. The van der Waals surface area contributed by atoms with E-state index in [-0.39, 0.29) is 12.1 Å². The predicted molar refractivity (Wildman–Crippen MR) is 81.6 cm³/mol. The van der Waals surface area contributed by atoms with Crippen LogP contribution in [0.1, 0.15) is 36.6 Å². The molecule has 2 unspecified atom stereocenters. The van der Waals surface area contributed by atoms with Crippen LogP contribution in [0.2, 0.25) is 0 Å². The number of fused-ring (bicyclic) bond motifs is 1. The predicted octanol–water partition coefficient (Wildman–Crippen LogP) is 3.26. The molecule has 0 spiro atoms. The molecular formula is C17H20N2O2. The summed E-state index contributed by atoms with van der Waals surface area (Å²) in [7, 11) is 1.69. The Bertz CT molecular complexity index is 601. The van der Waals surface area contributed by atoms with Crippen LogP contribution in [0.15, 0.2) is 42.7 Å². The van der Waals surface area contributed by atoms with Crippen molar-refractivity contribution in [1.82, 2.24) is 10.3 Å². The van der Waals surface area contributed by atoms with E-state index in [0.717, 1.165) is 35.6 Å². The Morgan fingerprint density at radius 1 is 1.38 bits per heavy atom. The fourth-order valence-electron chi connectivity index (χ4n) is 2.79. The van der Waals surface area contributed by atoms with Crippen molar-refractivity contribution >= 4 is 0 Å². The second-order valence-electron chi connectivity index (χ2n) is 5.14. The third-order valence-electron chi connectivity index (χ3n) is 3.82. The number of aromatic nitrogens is 1. The van der Waals surface area contributed by atoms with E-state index >= 15 is 0 Å². The molecule has 0 aliphatic carbocycles. The highest BCUT2D eigenvalue weighted by molar-refractivity contribution is 5.44. The Morgan fingerprint density at radius 3 is 3.00 bits per heavy atom. The molecule has 2 heterocycles. The van der Waals surface area contributed by atoms with Crippen LogP contribution in [0.5, 0.6) is 11.5 Å². The molecule has 110 valence electrons. The van der Waals surface area contributed by atoms with Crippen molar-refractivity contribution in [1.29, 1.82) is 0 Å². The first-order valence-corrected chi connectivity index (χ1v) is 7.29. The molecule has 0 radical (unpaired) electrons. The topological polar surface area (TPSA) is 43.4 Å². The van der Waals surface area contributed by atoms with E-state index in [0.29, 0.717) is 0 Å². The van der Waals surface area contributed by atoms with Gasteiger partial charge < -0.3 is 14.8 Å². The maximum Gasteiger partial charge on any atom is 0.127 e. The summed E-state index contributed by atoms with van der Waals surface area (Å²) in [6.45, 7) is 3.04. The smallest absolute Gasteiger partial charge is 0.127 e. The molecule has 1 aromatic heterocycles. The van der Waals surface area contributed by atoms with Crippen LogP contribution in [0.3, 0.4) is 0 Å². The fraction of sp³-hybridized carbons (Fsp3) is 0.353. The van der Waals surface area contributed by atoms with Gasteiger partial charge in [0, 0.05) is 36.0 Å². The van der Waals surface area contributed by atoms with Gasteiger partial charge in [0.15, 0.2) is 0 Å². The van der Waals surface area contributed by atoms with Gasteiger partial charge in [-0.05, 0) is 30.8 Å². The number of hydrogen-bond acceptors (Lipinski definition) is 4. The summed E-state index contributed by atoms with van der Waals surface area (Å²) < 4.78 is 11.5. The van der Waals surface area contributed by atoms with Gasteiger partial charge in [-0.2, -0.15) is 0 Å². The van der Waals surface area contributed by atoms with Gasteiger partial charge in [-0.1, -0.05) is 13.0 Å². The molecule has 2 atom stereocenters. The maximum absolute atomic E-state index is 6.16. The Balaban J connectivity index is 1.94. The SMILES string of the molecule is CCNC1CC(c2cccnc2)Oc2ccc(OC)cc21. The summed E-state index contributed by atoms with van der Waals surface area (Å²) in [6, 6.07) is 10.3. The average Bonchev–Trinajstić information content (AvgIpc) is 2.55. The standard InChI is InChI=1S/C17H20N2O2/c1-3-19-15-10-17(12-5-4-8-18-11-12)21-16-7-6-13(20-2)9-14(15)16/h4-9,11,15,17,19H,3,10H2,1-2H3. The highest BCUT2D eigenvalue weighted by Gasteiger charge is 2.29. The first-order valence-electron chi connectivity index (χ1n) is 7.29. The van der Waals surface area contributed by atoms with E-state index in [1.807, 2.05) is 24.4 Å². The van der Waals surface area contributed by atoms with Gasteiger partial charge in [0.25, 0.3) is 0 Å². The van der Waals surface area contributed by atoms with E-state index in [1.54, 1.807) is 13.3 Å². The largest absolute Gasteiger partial charge is 0.497 e. The van der Waals surface area contributed by atoms with Gasteiger partial charge in [-0.25, -0.2) is 0 Å². The Kier molecular flexibility index (Phi) is 4.06. The van der Waals surface area contributed by atoms with Crippen molar-refractivity contribution in [3.05, 3.63) is 53.9 Å². The van der Waals surface area contributed by atoms with E-state index < -0.39 is 0 Å². The molecule has 3 rings (SSSR count). The minimum absolute atomic E-state index is 0.0312. The van der Waals surface area contributed by atoms with Crippen molar-refractivity contribution in [2.75, 3.05) is 13.7 Å². The van der Waals surface area contributed by atoms with Gasteiger partial charge in [-0.15, -0.1) is 0 Å². The summed E-state index contributed by atoms with van der Waals surface area (Å²) in [5.41, 5.74) is 2.28. The van der Waals surface area contributed by atoms with Crippen LogP contribution in [0, 0.1) is 0 Å². The normalized spacial score (nSPS) is 20.5. The van der Waals surface area contributed by atoms with Crippen molar-refractivity contribution in [3.63, 3.8) is 0 Å². The molecule has 1 aliphatic heterocycles. The van der Waals surface area contributed by atoms with Crippen molar-refractivity contribution in [2.24, 2.45) is 0 Å². The van der Waals surface area contributed by atoms with Crippen molar-refractivity contribution in [2.45, 2.75) is 25.5 Å². The molecule has 4 nitrogen and oxygen atoms in total. The van der Waals surface area contributed by atoms with E-state index in [4.69, 9.17) is 9.47 Å². The molecule has 0 fully saturated rings. The van der Waals surface area contributed by atoms with Crippen LogP contribution >= 0.6 is 0 Å². The minimum Gasteiger partial charge on any atom is -0.497 e. The van der Waals surface area contributed by atoms with Crippen LogP contribution in [0.4, 0.5) is 0 Å². The fourth-order valence-corrected chi connectivity index (χ4v) is 2.79. The molecule has 1 aliphatic rings. The second kappa shape index (κ2) is 6.14. The third kappa shape index (κ3) is 2.85. The molecular weight excluding hydrogens is 264 g/mol. The Labute approximate surface area is 125 Å². The van der Waals surface area contributed by atoms with Crippen LogP contribution in [0.25, 0.3) is 0 Å². The number of rotatable bonds is 4.